The number of piperidine rings is 1. The summed E-state index contributed by atoms with van der Waals surface area (Å²) in [6, 6.07) is 0.789. The molecule has 0 amide bonds. The van der Waals surface area contributed by atoms with Crippen LogP contribution in [0.1, 0.15) is 62.4 Å². The highest BCUT2D eigenvalue weighted by molar-refractivity contribution is 5.33. The van der Waals surface area contributed by atoms with Crippen molar-refractivity contribution < 1.29 is 0 Å². The van der Waals surface area contributed by atoms with Gasteiger partial charge in [-0.3, -0.25) is 14.5 Å². The molecule has 0 bridgehead atoms. The molecule has 2 aliphatic rings. The largest absolute Gasteiger partial charge is 0.300 e. The summed E-state index contributed by atoms with van der Waals surface area (Å²) in [5.74, 6) is 2.41. The van der Waals surface area contributed by atoms with Crippen LogP contribution in [-0.2, 0) is 0 Å². The molecule has 0 radical (unpaired) electrons. The van der Waals surface area contributed by atoms with Crippen LogP contribution in [0.25, 0.3) is 5.82 Å². The van der Waals surface area contributed by atoms with Crippen molar-refractivity contribution >= 4 is 0 Å². The lowest BCUT2D eigenvalue weighted by Crippen LogP contribution is -2.43. The average Bonchev–Trinajstić information content (AvgIpc) is 3.08. The molecule has 0 N–H and O–H groups in total. The first-order chi connectivity index (χ1) is 11.8. The third kappa shape index (κ3) is 3.09. The predicted octanol–water partition coefficient (Wildman–Crippen LogP) is 3.48. The van der Waals surface area contributed by atoms with Crippen molar-refractivity contribution in [1.29, 1.82) is 0 Å². The molecule has 5 nitrogen and oxygen atoms in total. The highest BCUT2D eigenvalue weighted by Crippen LogP contribution is 2.32. The molecular weight excluding hydrogens is 298 g/mol. The Hall–Kier alpha value is -1.75. The van der Waals surface area contributed by atoms with Crippen molar-refractivity contribution in [3.63, 3.8) is 0 Å². The molecule has 4 rings (SSSR count). The van der Waals surface area contributed by atoms with E-state index in [-0.39, 0.29) is 0 Å². The van der Waals surface area contributed by atoms with Crippen molar-refractivity contribution in [3.8, 4) is 5.82 Å². The second kappa shape index (κ2) is 7.01. The maximum Gasteiger partial charge on any atom is 0.160 e. The Bertz CT molecular complexity index is 674. The number of nitrogens with zero attached hydrogens (tertiary/aromatic N) is 5. The molecule has 0 aromatic carbocycles. The summed E-state index contributed by atoms with van der Waals surface area (Å²) in [5, 5.41) is 0. The Morgan fingerprint density at radius 1 is 0.917 bits per heavy atom. The molecule has 2 aromatic rings. The second-order valence-electron chi connectivity index (χ2n) is 7.24. The van der Waals surface area contributed by atoms with Gasteiger partial charge in [-0.2, -0.15) is 0 Å². The minimum Gasteiger partial charge on any atom is -0.300 e. The number of aryl methyl sites for hydroxylation is 1. The Kier molecular flexibility index (Phi) is 4.60. The first-order valence-corrected chi connectivity index (χ1v) is 9.38. The molecule has 1 aliphatic heterocycles. The van der Waals surface area contributed by atoms with Gasteiger partial charge < -0.3 is 0 Å². The van der Waals surface area contributed by atoms with E-state index in [9.17, 15) is 0 Å². The number of rotatable bonds is 3. The third-order valence-corrected chi connectivity index (χ3v) is 5.69. The van der Waals surface area contributed by atoms with Crippen molar-refractivity contribution in [2.45, 2.75) is 63.8 Å². The molecule has 1 saturated carbocycles. The summed E-state index contributed by atoms with van der Waals surface area (Å²) >= 11 is 0. The van der Waals surface area contributed by atoms with E-state index in [2.05, 4.69) is 19.4 Å². The number of aromatic nitrogens is 4. The van der Waals surface area contributed by atoms with Gasteiger partial charge in [0.2, 0.25) is 0 Å². The number of hydrogen-bond donors (Lipinski definition) is 0. The first-order valence-electron chi connectivity index (χ1n) is 9.38. The Morgan fingerprint density at radius 3 is 2.54 bits per heavy atom. The Labute approximate surface area is 144 Å². The van der Waals surface area contributed by atoms with Gasteiger partial charge in [0.15, 0.2) is 5.82 Å². The molecular formula is C19H27N5. The molecule has 1 atom stereocenters. The van der Waals surface area contributed by atoms with Gasteiger partial charge in [0.1, 0.15) is 5.82 Å². The second-order valence-corrected chi connectivity index (χ2v) is 7.24. The van der Waals surface area contributed by atoms with E-state index in [0.717, 1.165) is 29.9 Å². The van der Waals surface area contributed by atoms with E-state index in [1.54, 1.807) is 6.20 Å². The van der Waals surface area contributed by atoms with Gasteiger partial charge in [-0.1, -0.05) is 19.3 Å². The van der Waals surface area contributed by atoms with Gasteiger partial charge in [-0.05, 0) is 39.2 Å². The van der Waals surface area contributed by atoms with Crippen LogP contribution < -0.4 is 0 Å². The lowest BCUT2D eigenvalue weighted by Gasteiger charge is -2.40. The summed E-state index contributed by atoms with van der Waals surface area (Å²) in [7, 11) is 0. The molecule has 1 saturated heterocycles. The van der Waals surface area contributed by atoms with Crippen LogP contribution in [0.5, 0.6) is 0 Å². The molecule has 2 aromatic heterocycles. The van der Waals surface area contributed by atoms with E-state index >= 15 is 0 Å². The monoisotopic (exact) mass is 325 g/mol. The van der Waals surface area contributed by atoms with E-state index in [0.29, 0.717) is 5.92 Å². The summed E-state index contributed by atoms with van der Waals surface area (Å²) in [4.78, 5) is 16.5. The average molecular weight is 325 g/mol. The normalized spacial score (nSPS) is 23.5. The zero-order chi connectivity index (χ0) is 16.4. The van der Waals surface area contributed by atoms with Crippen LogP contribution in [0.4, 0.5) is 0 Å². The topological polar surface area (TPSA) is 46.8 Å². The lowest BCUT2D eigenvalue weighted by atomic mass is 9.89. The van der Waals surface area contributed by atoms with Crippen molar-refractivity contribution in [3.05, 3.63) is 36.3 Å². The first kappa shape index (κ1) is 15.8. The van der Waals surface area contributed by atoms with Crippen LogP contribution in [0.15, 0.2) is 24.8 Å². The van der Waals surface area contributed by atoms with Crippen LogP contribution in [0.2, 0.25) is 0 Å². The van der Waals surface area contributed by atoms with Crippen molar-refractivity contribution in [2.75, 3.05) is 13.1 Å². The molecule has 2 fully saturated rings. The Balaban J connectivity index is 1.58. The van der Waals surface area contributed by atoms with Gasteiger partial charge in [0, 0.05) is 43.3 Å². The molecule has 0 spiro atoms. The van der Waals surface area contributed by atoms with Gasteiger partial charge in [-0.15, -0.1) is 0 Å². The molecule has 24 heavy (non-hydrogen) atoms. The molecule has 3 heterocycles. The van der Waals surface area contributed by atoms with Crippen LogP contribution in [-0.4, -0.2) is 43.6 Å². The quantitative estimate of drug-likeness (QED) is 0.867. The van der Waals surface area contributed by atoms with Gasteiger partial charge in [0.25, 0.3) is 0 Å². The molecule has 1 unspecified atom stereocenters. The Morgan fingerprint density at radius 2 is 1.75 bits per heavy atom. The minimum absolute atomic E-state index is 0.478. The van der Waals surface area contributed by atoms with E-state index < -0.39 is 0 Å². The summed E-state index contributed by atoms with van der Waals surface area (Å²) in [6.07, 6.45) is 16.9. The van der Waals surface area contributed by atoms with E-state index in [1.165, 1.54) is 51.5 Å². The highest BCUT2D eigenvalue weighted by Gasteiger charge is 2.30. The minimum atomic E-state index is 0.478. The standard InChI is InChI=1S/C19H27N5/c1-15-20-11-13-24(15)19-18(21-9-10-22-19)16-6-5-12-23(14-16)17-7-3-2-4-8-17/h9-11,13,16-17H,2-8,12,14H2,1H3. The number of likely N-dealkylation sites (tertiary alicyclic amines) is 1. The fourth-order valence-electron chi connectivity index (χ4n) is 4.42. The maximum atomic E-state index is 4.74. The predicted molar refractivity (Wildman–Crippen MR) is 94.3 cm³/mol. The molecule has 1 aliphatic carbocycles. The number of imidazole rings is 1. The molecule has 128 valence electrons. The fourth-order valence-corrected chi connectivity index (χ4v) is 4.42. The van der Waals surface area contributed by atoms with Gasteiger partial charge in [-0.25, -0.2) is 9.97 Å². The third-order valence-electron chi connectivity index (χ3n) is 5.69. The summed E-state index contributed by atoms with van der Waals surface area (Å²) in [6.45, 7) is 4.40. The van der Waals surface area contributed by atoms with E-state index in [4.69, 9.17) is 4.98 Å². The summed E-state index contributed by atoms with van der Waals surface area (Å²) in [5.41, 5.74) is 1.14. The molecule has 5 heteroatoms. The smallest absolute Gasteiger partial charge is 0.160 e. The van der Waals surface area contributed by atoms with Crippen LogP contribution in [0.3, 0.4) is 0 Å². The number of hydrogen-bond acceptors (Lipinski definition) is 4. The fraction of sp³-hybridized carbons (Fsp3) is 0.632. The van der Waals surface area contributed by atoms with Crippen molar-refractivity contribution in [2.24, 2.45) is 0 Å². The van der Waals surface area contributed by atoms with Crippen LogP contribution in [0, 0.1) is 6.92 Å². The van der Waals surface area contributed by atoms with Crippen LogP contribution >= 0.6 is 0 Å². The zero-order valence-electron chi connectivity index (χ0n) is 14.6. The van der Waals surface area contributed by atoms with E-state index in [1.807, 2.05) is 25.5 Å². The zero-order valence-corrected chi connectivity index (χ0v) is 14.6. The SMILES string of the molecule is Cc1nccn1-c1nccnc1C1CCCN(C2CCCCC2)C1. The lowest BCUT2D eigenvalue weighted by molar-refractivity contribution is 0.117. The van der Waals surface area contributed by atoms with Gasteiger partial charge in [0.05, 0.1) is 5.69 Å². The van der Waals surface area contributed by atoms with Gasteiger partial charge >= 0.3 is 0 Å². The summed E-state index contributed by atoms with van der Waals surface area (Å²) < 4.78 is 2.07. The highest BCUT2D eigenvalue weighted by atomic mass is 15.2. The van der Waals surface area contributed by atoms with Crippen molar-refractivity contribution in [1.82, 2.24) is 24.4 Å². The maximum absolute atomic E-state index is 4.74.